The number of piperidine rings is 1. The molecule has 0 saturated carbocycles. The molecule has 6 nitrogen and oxygen atoms in total. The van der Waals surface area contributed by atoms with E-state index in [0.29, 0.717) is 17.9 Å². The first-order valence-electron chi connectivity index (χ1n) is 8.32. The van der Waals surface area contributed by atoms with E-state index in [-0.39, 0.29) is 0 Å². The molecule has 2 atom stereocenters. The lowest BCUT2D eigenvalue weighted by Crippen LogP contribution is -2.44. The van der Waals surface area contributed by atoms with Crippen LogP contribution in [0.25, 0.3) is 17.0 Å². The minimum absolute atomic E-state index is 0.331. The first kappa shape index (κ1) is 15.1. The van der Waals surface area contributed by atoms with Gasteiger partial charge in [0.05, 0.1) is 11.8 Å². The second-order valence-corrected chi connectivity index (χ2v) is 6.26. The summed E-state index contributed by atoms with van der Waals surface area (Å²) < 4.78 is 7.37. The largest absolute Gasteiger partial charge is 0.381 e. The maximum absolute atomic E-state index is 5.54. The Morgan fingerprint density at radius 2 is 2.04 bits per heavy atom. The molecule has 2 aromatic heterocycles. The number of ether oxygens (including phenoxy) is 1. The van der Waals surface area contributed by atoms with Crippen molar-refractivity contribution in [3.05, 3.63) is 42.7 Å². The van der Waals surface area contributed by atoms with E-state index < -0.39 is 0 Å². The highest BCUT2D eigenvalue weighted by atomic mass is 16.5. The molecule has 4 rings (SSSR count). The summed E-state index contributed by atoms with van der Waals surface area (Å²) in [5, 5.41) is 4.37. The van der Waals surface area contributed by atoms with Crippen molar-refractivity contribution < 1.29 is 4.74 Å². The van der Waals surface area contributed by atoms with Crippen molar-refractivity contribution in [3.8, 4) is 11.3 Å². The molecule has 0 spiro atoms. The fraction of sp³-hybridized carbons (Fsp3) is 0.389. The summed E-state index contributed by atoms with van der Waals surface area (Å²) in [6.45, 7) is 3.17. The van der Waals surface area contributed by atoms with Gasteiger partial charge in [0.2, 0.25) is 0 Å². The summed E-state index contributed by atoms with van der Waals surface area (Å²) in [7, 11) is 1.79. The standard InChI is InChI=1S/C18H21N5O/c1-13-10-15(24-2)8-9-22(13)17-11-16(14-6-4-3-5-7-14)21-18-19-12-20-23(17)18/h3-7,11-13,15H,8-10H2,1-2H3. The van der Waals surface area contributed by atoms with E-state index in [9.17, 15) is 0 Å². The Kier molecular flexibility index (Phi) is 3.90. The molecular formula is C18H21N5O. The van der Waals surface area contributed by atoms with Gasteiger partial charge in [0, 0.05) is 31.3 Å². The average molecular weight is 323 g/mol. The zero-order chi connectivity index (χ0) is 16.5. The summed E-state index contributed by atoms with van der Waals surface area (Å²) >= 11 is 0. The number of nitrogens with zero attached hydrogens (tertiary/aromatic N) is 5. The fourth-order valence-electron chi connectivity index (χ4n) is 3.44. The van der Waals surface area contributed by atoms with Crippen molar-refractivity contribution in [1.82, 2.24) is 19.6 Å². The zero-order valence-electron chi connectivity index (χ0n) is 14.0. The van der Waals surface area contributed by atoms with Crippen LogP contribution in [0.5, 0.6) is 0 Å². The molecule has 0 bridgehead atoms. The second kappa shape index (κ2) is 6.20. The molecule has 1 aliphatic rings. The monoisotopic (exact) mass is 323 g/mol. The SMILES string of the molecule is COC1CCN(c2cc(-c3ccccc3)nc3ncnn23)C(C)C1. The Morgan fingerprint density at radius 3 is 2.79 bits per heavy atom. The van der Waals surface area contributed by atoms with Crippen molar-refractivity contribution >= 4 is 11.6 Å². The third kappa shape index (κ3) is 2.63. The summed E-state index contributed by atoms with van der Waals surface area (Å²) in [5.74, 6) is 1.67. The number of rotatable bonds is 3. The molecule has 0 amide bonds. The number of anilines is 1. The molecule has 0 radical (unpaired) electrons. The van der Waals surface area contributed by atoms with Crippen LogP contribution < -0.4 is 4.90 Å². The van der Waals surface area contributed by atoms with Crippen molar-refractivity contribution in [2.45, 2.75) is 31.9 Å². The smallest absolute Gasteiger partial charge is 0.254 e. The summed E-state index contributed by atoms with van der Waals surface area (Å²) in [5.41, 5.74) is 2.01. The number of fused-ring (bicyclic) bond motifs is 1. The van der Waals surface area contributed by atoms with Crippen LogP contribution in [-0.2, 0) is 4.74 Å². The molecule has 1 saturated heterocycles. The molecule has 1 aromatic carbocycles. The molecule has 6 heteroatoms. The van der Waals surface area contributed by atoms with E-state index in [0.717, 1.165) is 36.5 Å². The normalized spacial score (nSPS) is 21.3. The molecule has 1 aliphatic heterocycles. The van der Waals surface area contributed by atoms with E-state index in [1.807, 2.05) is 22.7 Å². The van der Waals surface area contributed by atoms with Gasteiger partial charge >= 0.3 is 0 Å². The number of hydrogen-bond acceptors (Lipinski definition) is 5. The van der Waals surface area contributed by atoms with E-state index in [4.69, 9.17) is 4.74 Å². The molecule has 0 N–H and O–H groups in total. The zero-order valence-corrected chi connectivity index (χ0v) is 14.0. The molecular weight excluding hydrogens is 302 g/mol. The van der Waals surface area contributed by atoms with Gasteiger partial charge in [-0.1, -0.05) is 30.3 Å². The van der Waals surface area contributed by atoms with Gasteiger partial charge in [0.15, 0.2) is 0 Å². The second-order valence-electron chi connectivity index (χ2n) is 6.26. The van der Waals surface area contributed by atoms with Gasteiger partial charge in [-0.15, -0.1) is 0 Å². The van der Waals surface area contributed by atoms with E-state index >= 15 is 0 Å². The van der Waals surface area contributed by atoms with Gasteiger partial charge in [-0.25, -0.2) is 4.98 Å². The Labute approximate surface area is 141 Å². The lowest BCUT2D eigenvalue weighted by Gasteiger charge is -2.38. The number of methoxy groups -OCH3 is 1. The first-order chi connectivity index (χ1) is 11.8. The molecule has 24 heavy (non-hydrogen) atoms. The lowest BCUT2D eigenvalue weighted by atomic mass is 10.0. The van der Waals surface area contributed by atoms with Crippen LogP contribution in [0.15, 0.2) is 42.7 Å². The van der Waals surface area contributed by atoms with Gasteiger partial charge in [0.25, 0.3) is 5.78 Å². The number of aromatic nitrogens is 4. The van der Waals surface area contributed by atoms with Crippen molar-refractivity contribution in [2.75, 3.05) is 18.6 Å². The van der Waals surface area contributed by atoms with Crippen LogP contribution in [-0.4, -0.2) is 45.4 Å². The lowest BCUT2D eigenvalue weighted by molar-refractivity contribution is 0.0718. The molecule has 124 valence electrons. The summed E-state index contributed by atoms with van der Waals surface area (Å²) in [6.07, 6.45) is 3.92. The molecule has 3 aromatic rings. The maximum atomic E-state index is 5.54. The Morgan fingerprint density at radius 1 is 1.21 bits per heavy atom. The van der Waals surface area contributed by atoms with E-state index in [1.165, 1.54) is 0 Å². The third-order valence-corrected chi connectivity index (χ3v) is 4.76. The number of hydrogen-bond donors (Lipinski definition) is 0. The highest BCUT2D eigenvalue weighted by molar-refractivity contribution is 5.66. The highest BCUT2D eigenvalue weighted by Crippen LogP contribution is 2.29. The third-order valence-electron chi connectivity index (χ3n) is 4.76. The Hall–Kier alpha value is -2.47. The quantitative estimate of drug-likeness (QED) is 0.742. The first-order valence-corrected chi connectivity index (χ1v) is 8.32. The minimum atomic E-state index is 0.331. The predicted octanol–water partition coefficient (Wildman–Crippen LogP) is 2.80. The molecule has 1 fully saturated rings. The van der Waals surface area contributed by atoms with Crippen molar-refractivity contribution in [3.63, 3.8) is 0 Å². The Bertz CT molecular complexity index is 832. The van der Waals surface area contributed by atoms with Crippen LogP contribution in [0.4, 0.5) is 5.82 Å². The van der Waals surface area contributed by atoms with Gasteiger partial charge in [-0.05, 0) is 19.8 Å². The molecule has 3 heterocycles. The van der Waals surface area contributed by atoms with Gasteiger partial charge in [0.1, 0.15) is 12.1 Å². The van der Waals surface area contributed by atoms with Gasteiger partial charge in [-0.2, -0.15) is 14.6 Å². The molecule has 0 aliphatic carbocycles. The van der Waals surface area contributed by atoms with Crippen LogP contribution in [0.2, 0.25) is 0 Å². The van der Waals surface area contributed by atoms with Gasteiger partial charge < -0.3 is 9.64 Å². The minimum Gasteiger partial charge on any atom is -0.381 e. The predicted molar refractivity (Wildman–Crippen MR) is 93.1 cm³/mol. The maximum Gasteiger partial charge on any atom is 0.254 e. The molecule has 2 unspecified atom stereocenters. The fourth-order valence-corrected chi connectivity index (χ4v) is 3.44. The average Bonchev–Trinajstić information content (AvgIpc) is 3.10. The summed E-state index contributed by atoms with van der Waals surface area (Å²) in [4.78, 5) is 11.3. The Balaban J connectivity index is 1.78. The highest BCUT2D eigenvalue weighted by Gasteiger charge is 2.27. The van der Waals surface area contributed by atoms with E-state index in [2.05, 4.69) is 45.1 Å². The van der Waals surface area contributed by atoms with Crippen LogP contribution in [0.3, 0.4) is 0 Å². The van der Waals surface area contributed by atoms with Crippen LogP contribution in [0.1, 0.15) is 19.8 Å². The topological polar surface area (TPSA) is 55.5 Å². The van der Waals surface area contributed by atoms with Gasteiger partial charge in [-0.3, -0.25) is 0 Å². The summed E-state index contributed by atoms with van der Waals surface area (Å²) in [6, 6.07) is 12.7. The van der Waals surface area contributed by atoms with Crippen LogP contribution in [0, 0.1) is 0 Å². The number of benzene rings is 1. The van der Waals surface area contributed by atoms with Crippen molar-refractivity contribution in [1.29, 1.82) is 0 Å². The van der Waals surface area contributed by atoms with Crippen LogP contribution >= 0.6 is 0 Å². The van der Waals surface area contributed by atoms with Crippen molar-refractivity contribution in [2.24, 2.45) is 0 Å². The van der Waals surface area contributed by atoms with E-state index in [1.54, 1.807) is 13.4 Å².